The van der Waals surface area contributed by atoms with Gasteiger partial charge in [-0.3, -0.25) is 0 Å². The molecule has 168 valence electrons. The van der Waals surface area contributed by atoms with Gasteiger partial charge in [-0.15, -0.1) is 0 Å². The molecule has 0 unspecified atom stereocenters. The molecule has 0 fully saturated rings. The van der Waals surface area contributed by atoms with Crippen molar-refractivity contribution in [3.8, 4) is 22.5 Å². The summed E-state index contributed by atoms with van der Waals surface area (Å²) in [6.45, 7) is 8.69. The number of hydrogen-bond acceptors (Lipinski definition) is 3. The Morgan fingerprint density at radius 3 is 2.42 bits per heavy atom. The second kappa shape index (κ2) is 9.43. The summed E-state index contributed by atoms with van der Waals surface area (Å²) >= 11 is 0. The third-order valence-electron chi connectivity index (χ3n) is 6.96. The fourth-order valence-corrected chi connectivity index (χ4v) is 4.64. The lowest BCUT2D eigenvalue weighted by molar-refractivity contribution is -0.906. The minimum atomic E-state index is 0.509. The van der Waals surface area contributed by atoms with E-state index in [-0.39, 0.29) is 0 Å². The normalized spacial score (nSPS) is 11.6. The van der Waals surface area contributed by atoms with Gasteiger partial charge in [0.1, 0.15) is 5.69 Å². The molecule has 2 aromatic rings. The van der Waals surface area contributed by atoms with Crippen molar-refractivity contribution in [1.82, 2.24) is 4.57 Å². The SMILES string of the molecule is CC[N+](C)(CC)CCCn1c2cc(=N)ccc-2c2ccc(N[N+]#N)cc2c1-c1ccccc1. The maximum Gasteiger partial charge on any atom is 0.308 e. The molecule has 2 aromatic carbocycles. The van der Waals surface area contributed by atoms with Crippen LogP contribution in [0.15, 0.2) is 66.7 Å². The number of hydrogen-bond donors (Lipinski definition) is 2. The molecule has 0 aromatic heterocycles. The quantitative estimate of drug-likeness (QED) is 0.154. The number of nitrogens with zero attached hydrogens (tertiary/aromatic N) is 4. The minimum Gasteiger partial charge on any atom is -0.340 e. The van der Waals surface area contributed by atoms with Gasteiger partial charge < -0.3 is 14.5 Å². The number of anilines is 1. The lowest BCUT2D eigenvalue weighted by Gasteiger charge is -2.33. The number of rotatable bonds is 8. The fraction of sp³-hybridized carbons (Fsp3) is 0.296. The molecule has 0 saturated carbocycles. The third-order valence-corrected chi connectivity index (χ3v) is 6.96. The molecule has 1 aliphatic heterocycles. The highest BCUT2D eigenvalue weighted by Crippen LogP contribution is 2.39. The lowest BCUT2D eigenvalue weighted by atomic mass is 9.94. The van der Waals surface area contributed by atoms with Crippen LogP contribution in [-0.2, 0) is 6.54 Å². The Morgan fingerprint density at radius 2 is 1.73 bits per heavy atom. The van der Waals surface area contributed by atoms with Gasteiger partial charge in [0, 0.05) is 23.9 Å². The Labute approximate surface area is 195 Å². The Morgan fingerprint density at radius 1 is 0.970 bits per heavy atom. The summed E-state index contributed by atoms with van der Waals surface area (Å²) in [7, 11) is 2.32. The zero-order chi connectivity index (χ0) is 23.4. The van der Waals surface area contributed by atoms with Crippen LogP contribution in [0.3, 0.4) is 0 Å². The average molecular weight is 441 g/mol. The van der Waals surface area contributed by atoms with E-state index in [1.165, 1.54) is 0 Å². The van der Waals surface area contributed by atoms with Crippen LogP contribution >= 0.6 is 0 Å². The standard InChI is InChI=1S/C27H32N6/c1-4-33(3,5-2)17-9-16-32-26-18-21(28)12-14-24(26)23-15-13-22(30-31-29)19-25(23)27(32)20-10-7-6-8-11-20/h6-8,10-15,18-19,28,30H,4-5,9,16-17H2,1-3H3/q+2. The van der Waals surface area contributed by atoms with Crippen molar-refractivity contribution in [3.63, 3.8) is 0 Å². The molecule has 6 heteroatoms. The number of benzene rings is 3. The number of aromatic nitrogens is 1. The van der Waals surface area contributed by atoms with Gasteiger partial charge in [0.25, 0.3) is 5.39 Å². The second-order valence-corrected chi connectivity index (χ2v) is 8.90. The number of quaternary nitrogens is 1. The van der Waals surface area contributed by atoms with Gasteiger partial charge in [-0.1, -0.05) is 42.5 Å². The summed E-state index contributed by atoms with van der Waals surface area (Å²) in [5, 5.41) is 23.2. The van der Waals surface area contributed by atoms with Crippen molar-refractivity contribution in [1.29, 1.82) is 10.8 Å². The van der Waals surface area contributed by atoms with Gasteiger partial charge in [0.2, 0.25) is 0 Å². The Bertz CT molecular complexity index is 1330. The van der Waals surface area contributed by atoms with Crippen LogP contribution in [0.4, 0.5) is 5.69 Å². The molecular weight excluding hydrogens is 408 g/mol. The molecular formula is C27H32N6+2. The van der Waals surface area contributed by atoms with Crippen LogP contribution in [0.1, 0.15) is 20.3 Å². The summed E-state index contributed by atoms with van der Waals surface area (Å²) in [5.41, 5.74) is 7.84. The van der Waals surface area contributed by atoms with Gasteiger partial charge in [-0.25, -0.2) is 0 Å². The van der Waals surface area contributed by atoms with Crippen molar-refractivity contribution in [3.05, 3.63) is 77.2 Å². The number of pyridine rings is 1. The van der Waals surface area contributed by atoms with Gasteiger partial charge in [-0.05, 0) is 54.5 Å². The number of nitrogens with one attached hydrogen (secondary N) is 2. The van der Waals surface area contributed by atoms with Crippen molar-refractivity contribution >= 4 is 16.5 Å². The molecule has 6 nitrogen and oxygen atoms in total. The van der Waals surface area contributed by atoms with E-state index < -0.39 is 0 Å². The molecule has 1 aliphatic carbocycles. The van der Waals surface area contributed by atoms with E-state index in [2.05, 4.69) is 66.3 Å². The van der Waals surface area contributed by atoms with Crippen LogP contribution in [0, 0.1) is 10.8 Å². The average Bonchev–Trinajstić information content (AvgIpc) is 2.84. The van der Waals surface area contributed by atoms with E-state index in [4.69, 9.17) is 10.8 Å². The summed E-state index contributed by atoms with van der Waals surface area (Å²) < 4.78 is 3.42. The van der Waals surface area contributed by atoms with Crippen molar-refractivity contribution in [2.75, 3.05) is 32.1 Å². The van der Waals surface area contributed by atoms with E-state index in [1.54, 1.807) is 0 Å². The van der Waals surface area contributed by atoms with Crippen LogP contribution < -0.4 is 10.8 Å². The van der Waals surface area contributed by atoms with E-state index in [0.717, 1.165) is 76.1 Å². The highest BCUT2D eigenvalue weighted by molar-refractivity contribution is 6.05. The molecule has 4 rings (SSSR count). The Balaban J connectivity index is 1.99. The number of diazo groups is 1. The van der Waals surface area contributed by atoms with E-state index in [9.17, 15) is 0 Å². The van der Waals surface area contributed by atoms with Crippen molar-refractivity contribution < 1.29 is 4.48 Å². The van der Waals surface area contributed by atoms with Gasteiger partial charge in [-0.2, -0.15) is 0 Å². The topological polar surface area (TPSA) is 69.0 Å². The predicted molar refractivity (Wildman–Crippen MR) is 135 cm³/mol. The van der Waals surface area contributed by atoms with Crippen molar-refractivity contribution in [2.24, 2.45) is 0 Å². The fourth-order valence-electron chi connectivity index (χ4n) is 4.64. The first-order valence-electron chi connectivity index (χ1n) is 11.6. The molecule has 2 aliphatic rings. The first-order valence-corrected chi connectivity index (χ1v) is 11.6. The maximum absolute atomic E-state index is 9.06. The number of fused-ring (bicyclic) bond motifs is 3. The second-order valence-electron chi connectivity index (χ2n) is 8.90. The largest absolute Gasteiger partial charge is 0.340 e. The molecule has 0 bridgehead atoms. The Hall–Kier alpha value is -3.69. The smallest absolute Gasteiger partial charge is 0.308 e. The zero-order valence-corrected chi connectivity index (χ0v) is 19.7. The molecule has 0 radical (unpaired) electrons. The summed E-state index contributed by atoms with van der Waals surface area (Å²) in [6.07, 6.45) is 1.04. The zero-order valence-electron chi connectivity index (χ0n) is 19.7. The van der Waals surface area contributed by atoms with Gasteiger partial charge in [0.05, 0.1) is 43.4 Å². The molecule has 0 atom stereocenters. The lowest BCUT2D eigenvalue weighted by Crippen LogP contribution is -2.44. The van der Waals surface area contributed by atoms with Crippen molar-refractivity contribution in [2.45, 2.75) is 26.8 Å². The van der Waals surface area contributed by atoms with Crippen LogP contribution in [0.25, 0.3) is 38.4 Å². The summed E-state index contributed by atoms with van der Waals surface area (Å²) in [5.74, 6) is 0. The molecule has 2 N–H and O–H groups in total. The van der Waals surface area contributed by atoms with Crippen LogP contribution in [0.2, 0.25) is 0 Å². The van der Waals surface area contributed by atoms with E-state index in [0.29, 0.717) is 5.36 Å². The van der Waals surface area contributed by atoms with Crippen LogP contribution in [-0.4, -0.2) is 35.7 Å². The van der Waals surface area contributed by atoms with E-state index >= 15 is 0 Å². The highest BCUT2D eigenvalue weighted by atomic mass is 15.3. The molecule has 1 heterocycles. The minimum absolute atomic E-state index is 0.509. The summed E-state index contributed by atoms with van der Waals surface area (Å²) in [4.78, 5) is 0. The van der Waals surface area contributed by atoms with Crippen LogP contribution in [0.5, 0.6) is 0 Å². The summed E-state index contributed by atoms with van der Waals surface area (Å²) in [6, 6.07) is 22.3. The maximum atomic E-state index is 9.06. The monoisotopic (exact) mass is 440 g/mol. The third kappa shape index (κ3) is 4.46. The Kier molecular flexibility index (Phi) is 6.43. The molecule has 0 spiro atoms. The molecule has 33 heavy (non-hydrogen) atoms. The first-order chi connectivity index (χ1) is 16.0. The van der Waals surface area contributed by atoms with Gasteiger partial charge in [0.15, 0.2) is 0 Å². The first kappa shape index (κ1) is 22.5. The molecule has 0 amide bonds. The van der Waals surface area contributed by atoms with E-state index in [1.807, 2.05) is 36.4 Å². The predicted octanol–water partition coefficient (Wildman–Crippen LogP) is 5.95. The van der Waals surface area contributed by atoms with Gasteiger partial charge >= 0.3 is 5.08 Å². The highest BCUT2D eigenvalue weighted by Gasteiger charge is 2.21. The molecule has 0 saturated heterocycles.